The number of aliphatic hydroxyl groups is 2. The van der Waals surface area contributed by atoms with E-state index >= 15 is 0 Å². The predicted molar refractivity (Wildman–Crippen MR) is 102 cm³/mol. The summed E-state index contributed by atoms with van der Waals surface area (Å²) in [6.07, 6.45) is -2.82. The van der Waals surface area contributed by atoms with Crippen molar-refractivity contribution in [1.82, 2.24) is 24.4 Å². The maximum atomic E-state index is 12.0. The van der Waals surface area contributed by atoms with Crippen molar-refractivity contribution in [3.8, 4) is 0 Å². The zero-order valence-electron chi connectivity index (χ0n) is 17.0. The number of imidazole rings is 1. The average molecular weight is 481 g/mol. The van der Waals surface area contributed by atoms with Gasteiger partial charge in [0.25, 0.3) is 10.3 Å². The number of urea groups is 1. The van der Waals surface area contributed by atoms with Crippen molar-refractivity contribution in [3.05, 3.63) is 17.4 Å². The Morgan fingerprint density at radius 3 is 2.69 bits per heavy atom. The van der Waals surface area contributed by atoms with E-state index in [2.05, 4.69) is 19.7 Å². The first kappa shape index (κ1) is 25.0. The molecule has 0 saturated carbocycles. The molecular formula is C15H20N7NaO8S. The zero-order valence-corrected chi connectivity index (χ0v) is 19.8. The van der Waals surface area contributed by atoms with Crippen LogP contribution in [0.4, 0.5) is 10.6 Å². The minimum atomic E-state index is -4.61. The second-order valence-corrected chi connectivity index (χ2v) is 8.09. The van der Waals surface area contributed by atoms with Gasteiger partial charge in [0, 0.05) is 13.2 Å². The summed E-state index contributed by atoms with van der Waals surface area (Å²) in [5.74, 6) is 0.120. The third-order valence-electron chi connectivity index (χ3n) is 4.85. The van der Waals surface area contributed by atoms with Crippen molar-refractivity contribution in [2.24, 2.45) is 0 Å². The van der Waals surface area contributed by atoms with Crippen LogP contribution in [0.5, 0.6) is 0 Å². The van der Waals surface area contributed by atoms with Crippen LogP contribution in [0.3, 0.4) is 0 Å². The van der Waals surface area contributed by atoms with Gasteiger partial charge in [0.2, 0.25) is 0 Å². The summed E-state index contributed by atoms with van der Waals surface area (Å²) in [6.45, 7) is 0.305. The molecule has 0 aliphatic carbocycles. The van der Waals surface area contributed by atoms with Crippen molar-refractivity contribution in [2.75, 3.05) is 38.6 Å². The second-order valence-electron chi connectivity index (χ2n) is 6.81. The molecule has 32 heavy (non-hydrogen) atoms. The molecule has 2 aliphatic rings. The summed E-state index contributed by atoms with van der Waals surface area (Å²) < 4.78 is 43.9. The molecule has 170 valence electrons. The Hall–Kier alpha value is -1.63. The number of amides is 2. The van der Waals surface area contributed by atoms with Gasteiger partial charge in [-0.15, -0.1) is 0 Å². The van der Waals surface area contributed by atoms with Crippen molar-refractivity contribution in [2.45, 2.75) is 24.5 Å². The molecule has 4 N–H and O–H groups in total. The van der Waals surface area contributed by atoms with Crippen LogP contribution in [0.2, 0.25) is 0 Å². The van der Waals surface area contributed by atoms with Gasteiger partial charge in [0.1, 0.15) is 30.2 Å². The predicted octanol–water partition coefficient (Wildman–Crippen LogP) is -4.88. The molecule has 4 rings (SSSR count). The number of anilines is 1. The summed E-state index contributed by atoms with van der Waals surface area (Å²) in [4.78, 5) is 25.1. The normalized spacial score (nSPS) is 26.1. The molecule has 2 aromatic rings. The number of morpholine rings is 1. The van der Waals surface area contributed by atoms with Gasteiger partial charge >= 0.3 is 29.6 Å². The molecule has 0 bridgehead atoms. The van der Waals surface area contributed by atoms with Crippen molar-refractivity contribution >= 4 is 33.3 Å². The number of fused-ring (bicyclic) bond motifs is 1. The largest absolute Gasteiger partial charge is 1.00 e. The van der Waals surface area contributed by atoms with Gasteiger partial charge in [-0.25, -0.2) is 15.0 Å². The van der Waals surface area contributed by atoms with Crippen LogP contribution in [-0.2, 0) is 24.0 Å². The van der Waals surface area contributed by atoms with E-state index in [0.717, 1.165) is 0 Å². The molecule has 15 nitrogen and oxygen atoms in total. The standard InChI is InChI=1S/C15H21N7O8S.Na/c16-12-9-13(18-6-17-12)22(7-19-9)14-11(24)10(23)8(30-14)5-29-31(26,27)20-15(25)21-1-3-28-4-2-21;/h6-8,10-11,14,23-24H,1-5H2,(H3,16,17,18,20,25);/q;+1/p-1/t8-,10-,11-,14-;/m1./s1. The first-order chi connectivity index (χ1) is 14.8. The van der Waals surface area contributed by atoms with Gasteiger partial charge in [-0.1, -0.05) is 0 Å². The van der Waals surface area contributed by atoms with E-state index in [0.29, 0.717) is 0 Å². The van der Waals surface area contributed by atoms with Gasteiger partial charge in [-0.05, 0) is 13.1 Å². The molecule has 0 radical (unpaired) electrons. The first-order valence-corrected chi connectivity index (χ1v) is 10.6. The molecule has 0 spiro atoms. The smallest absolute Gasteiger partial charge is 0.431 e. The number of nitrogens with two attached hydrogens (primary N) is 1. The number of hydrogen-bond acceptors (Lipinski definition) is 12. The van der Waals surface area contributed by atoms with E-state index in [1.165, 1.54) is 22.1 Å². The summed E-state index contributed by atoms with van der Waals surface area (Å²) in [5.41, 5.74) is 6.26. The summed E-state index contributed by atoms with van der Waals surface area (Å²) in [5, 5.41) is 20.6. The molecule has 17 heteroatoms. The summed E-state index contributed by atoms with van der Waals surface area (Å²) in [7, 11) is -4.61. The number of aromatic nitrogens is 4. The Morgan fingerprint density at radius 1 is 1.25 bits per heavy atom. The molecule has 4 heterocycles. The van der Waals surface area contributed by atoms with Crippen LogP contribution in [0.25, 0.3) is 15.9 Å². The molecule has 2 aliphatic heterocycles. The number of aliphatic hydroxyl groups excluding tert-OH is 2. The molecular weight excluding hydrogens is 461 g/mol. The minimum Gasteiger partial charge on any atom is -0.431 e. The van der Waals surface area contributed by atoms with Gasteiger partial charge in [-0.2, -0.15) is 8.42 Å². The van der Waals surface area contributed by atoms with Gasteiger partial charge in [0.05, 0.1) is 12.9 Å². The fraction of sp³-hybridized carbons (Fsp3) is 0.600. The Balaban J connectivity index is 0.00000289. The molecule has 2 fully saturated rings. The van der Waals surface area contributed by atoms with E-state index in [1.807, 2.05) is 0 Å². The Morgan fingerprint density at radius 2 is 1.97 bits per heavy atom. The average Bonchev–Trinajstić information content (AvgIpc) is 3.29. The molecule has 2 amide bonds. The van der Waals surface area contributed by atoms with E-state index in [-0.39, 0.29) is 72.8 Å². The number of carbonyl (C=O) groups is 1. The van der Waals surface area contributed by atoms with E-state index < -0.39 is 47.5 Å². The van der Waals surface area contributed by atoms with Gasteiger partial charge in [-0.3, -0.25) is 18.3 Å². The maximum Gasteiger partial charge on any atom is 1.00 e. The minimum absolute atomic E-state index is 0. The summed E-state index contributed by atoms with van der Waals surface area (Å²) in [6, 6.07) is -0.976. The van der Waals surface area contributed by atoms with E-state index in [9.17, 15) is 23.4 Å². The number of hydrogen-bond donors (Lipinski definition) is 3. The number of nitrogens with zero attached hydrogens (tertiary/aromatic N) is 6. The zero-order chi connectivity index (χ0) is 22.2. The molecule has 0 unspecified atom stereocenters. The van der Waals surface area contributed by atoms with Gasteiger partial charge < -0.3 is 30.3 Å². The maximum absolute atomic E-state index is 12.0. The fourth-order valence-corrected chi connectivity index (χ4v) is 3.91. The second kappa shape index (κ2) is 10.1. The fourth-order valence-electron chi connectivity index (χ4n) is 3.24. The SMILES string of the molecule is Nc1ncnc2c1ncn2[C@@H]1O[C@H](COS(=O)(=O)[N-]C(=O)N2CCOCC2)[C@@H](O)[C@H]1O.[Na+]. The molecule has 4 atom stereocenters. The van der Waals surface area contributed by atoms with Crippen molar-refractivity contribution in [3.63, 3.8) is 0 Å². The molecule has 0 aromatic carbocycles. The Bertz CT molecular complexity index is 1060. The number of nitrogen functional groups attached to an aromatic ring is 1. The van der Waals surface area contributed by atoms with Crippen LogP contribution in [0, 0.1) is 0 Å². The number of rotatable bonds is 5. The van der Waals surface area contributed by atoms with Crippen molar-refractivity contribution < 1.29 is 66.6 Å². The Labute approximate surface area is 204 Å². The van der Waals surface area contributed by atoms with Crippen LogP contribution in [-0.4, -0.2) is 100 Å². The van der Waals surface area contributed by atoms with Crippen LogP contribution < -0.4 is 35.3 Å². The third kappa shape index (κ3) is 5.13. The third-order valence-corrected chi connectivity index (χ3v) is 5.66. The van der Waals surface area contributed by atoms with Gasteiger partial charge in [0.15, 0.2) is 23.7 Å². The Kier molecular flexibility index (Phi) is 7.89. The molecule has 2 saturated heterocycles. The van der Waals surface area contributed by atoms with Crippen LogP contribution in [0.1, 0.15) is 6.23 Å². The number of carbonyl (C=O) groups excluding carboxylic acids is 1. The monoisotopic (exact) mass is 481 g/mol. The topological polar surface area (TPSA) is 206 Å². The number of ether oxygens (including phenoxy) is 2. The molecule has 2 aromatic heterocycles. The van der Waals surface area contributed by atoms with Crippen molar-refractivity contribution in [1.29, 1.82) is 0 Å². The summed E-state index contributed by atoms with van der Waals surface area (Å²) >= 11 is 0. The first-order valence-electron chi connectivity index (χ1n) is 9.20. The quantitative estimate of drug-likeness (QED) is 0.344. The van der Waals surface area contributed by atoms with E-state index in [1.54, 1.807) is 0 Å². The van der Waals surface area contributed by atoms with E-state index in [4.69, 9.17) is 19.4 Å². The van der Waals surface area contributed by atoms with Crippen LogP contribution >= 0.6 is 0 Å². The van der Waals surface area contributed by atoms with Crippen LogP contribution in [0.15, 0.2) is 12.7 Å².